The van der Waals surface area contributed by atoms with Crippen LogP contribution in [0.2, 0.25) is 0 Å². The lowest BCUT2D eigenvalue weighted by Gasteiger charge is -2.10. The van der Waals surface area contributed by atoms with E-state index in [9.17, 15) is 41.9 Å². The van der Waals surface area contributed by atoms with E-state index in [0.29, 0.717) is 23.3 Å². The van der Waals surface area contributed by atoms with E-state index >= 15 is 0 Å². The molecule has 13 nitrogen and oxygen atoms in total. The van der Waals surface area contributed by atoms with Gasteiger partial charge in [-0.25, -0.2) is 26.3 Å². The third-order valence-corrected chi connectivity index (χ3v) is 9.31. The molecule has 2 N–H and O–H groups in total. The Kier molecular flexibility index (Phi) is 7.42. The first kappa shape index (κ1) is 28.7. The molecular formula is C27H20N4O9S2. The molecular weight excluding hydrogens is 588 g/mol. The summed E-state index contributed by atoms with van der Waals surface area (Å²) in [5.41, 5.74) is -2.40. The summed E-state index contributed by atoms with van der Waals surface area (Å²) in [4.78, 5) is 34.5. The van der Waals surface area contributed by atoms with Crippen molar-refractivity contribution in [2.24, 2.45) is 0 Å². The molecule has 4 aromatic carbocycles. The van der Waals surface area contributed by atoms with Crippen LogP contribution in [0.5, 0.6) is 0 Å². The van der Waals surface area contributed by atoms with Crippen LogP contribution < -0.4 is 9.44 Å². The van der Waals surface area contributed by atoms with Crippen molar-refractivity contribution in [3.05, 3.63) is 127 Å². The zero-order valence-corrected chi connectivity index (χ0v) is 23.0. The Hall–Kier alpha value is -4.83. The van der Waals surface area contributed by atoms with E-state index < -0.39 is 79.1 Å². The molecule has 0 bridgehead atoms. The quantitative estimate of drug-likeness (QED) is 0.176. The molecule has 0 saturated carbocycles. The van der Waals surface area contributed by atoms with Crippen LogP contribution in [0.4, 0.5) is 11.4 Å². The van der Waals surface area contributed by atoms with Gasteiger partial charge in [0.1, 0.15) is 0 Å². The normalized spacial score (nSPS) is 12.5. The number of carbonyl (C=O) groups is 1. The maximum absolute atomic E-state index is 13.5. The Morgan fingerprint density at radius 1 is 0.595 bits per heavy atom. The standard InChI is InChI=1S/C27H20N4O9S2/c32-27-21-11-19(41(37,38)28-15-17-7-3-1-4-8-17)13-23(30(33)34)25(21)26-22(27)12-20(14-24(26)31(35)36)42(39,40)29-16-18-9-5-2-6-10-18/h1-14,28-29H,15-16H2. The van der Waals surface area contributed by atoms with Crippen molar-refractivity contribution in [2.75, 3.05) is 0 Å². The minimum absolute atomic E-state index is 0.148. The van der Waals surface area contributed by atoms with Gasteiger partial charge >= 0.3 is 0 Å². The Labute approximate surface area is 239 Å². The molecule has 42 heavy (non-hydrogen) atoms. The van der Waals surface area contributed by atoms with Crippen LogP contribution in [0.25, 0.3) is 11.1 Å². The summed E-state index contributed by atoms with van der Waals surface area (Å²) in [7, 11) is -8.77. The van der Waals surface area contributed by atoms with Crippen LogP contribution in [0.3, 0.4) is 0 Å². The van der Waals surface area contributed by atoms with Gasteiger partial charge in [-0.2, -0.15) is 0 Å². The number of sulfonamides is 2. The van der Waals surface area contributed by atoms with Crippen molar-refractivity contribution < 1.29 is 31.5 Å². The third kappa shape index (κ3) is 5.40. The molecule has 4 aromatic rings. The van der Waals surface area contributed by atoms with Crippen molar-refractivity contribution in [1.82, 2.24) is 9.44 Å². The van der Waals surface area contributed by atoms with Gasteiger partial charge in [-0.05, 0) is 23.3 Å². The minimum Gasteiger partial charge on any atom is -0.289 e. The molecule has 0 radical (unpaired) electrons. The number of nitro benzene ring substituents is 2. The summed E-state index contributed by atoms with van der Waals surface area (Å²) in [6.45, 7) is -0.296. The van der Waals surface area contributed by atoms with Crippen LogP contribution in [0.15, 0.2) is 94.7 Å². The van der Waals surface area contributed by atoms with Crippen molar-refractivity contribution in [1.29, 1.82) is 0 Å². The van der Waals surface area contributed by atoms with E-state index in [4.69, 9.17) is 0 Å². The molecule has 1 aliphatic carbocycles. The number of fused-ring (bicyclic) bond motifs is 3. The van der Waals surface area contributed by atoms with Gasteiger partial charge in [0.2, 0.25) is 20.0 Å². The largest absolute Gasteiger partial charge is 0.289 e. The van der Waals surface area contributed by atoms with Crippen LogP contribution >= 0.6 is 0 Å². The summed E-state index contributed by atoms with van der Waals surface area (Å²) < 4.78 is 56.9. The second-order valence-corrected chi connectivity index (χ2v) is 12.7. The van der Waals surface area contributed by atoms with E-state index in [1.165, 1.54) is 0 Å². The van der Waals surface area contributed by atoms with E-state index in [1.54, 1.807) is 60.7 Å². The number of nitrogens with zero attached hydrogens (tertiary/aromatic N) is 2. The van der Waals surface area contributed by atoms with Gasteiger partial charge in [0.05, 0.1) is 30.8 Å². The van der Waals surface area contributed by atoms with Gasteiger partial charge in [0.15, 0.2) is 5.78 Å². The zero-order chi connectivity index (χ0) is 30.2. The number of hydrogen-bond donors (Lipinski definition) is 2. The number of benzene rings is 4. The highest BCUT2D eigenvalue weighted by atomic mass is 32.2. The van der Waals surface area contributed by atoms with Gasteiger partial charge in [-0.3, -0.25) is 25.0 Å². The van der Waals surface area contributed by atoms with Crippen LogP contribution in [-0.2, 0) is 33.1 Å². The highest BCUT2D eigenvalue weighted by molar-refractivity contribution is 7.89. The fourth-order valence-electron chi connectivity index (χ4n) is 4.54. The molecule has 0 aromatic heterocycles. The Morgan fingerprint density at radius 2 is 0.952 bits per heavy atom. The molecule has 0 heterocycles. The molecule has 0 fully saturated rings. The summed E-state index contributed by atoms with van der Waals surface area (Å²) in [5.74, 6) is -0.994. The molecule has 0 saturated heterocycles. The monoisotopic (exact) mass is 608 g/mol. The fraction of sp³-hybridized carbons (Fsp3) is 0.0741. The van der Waals surface area contributed by atoms with E-state index in [-0.39, 0.29) is 13.1 Å². The Morgan fingerprint density at radius 3 is 1.29 bits per heavy atom. The molecule has 0 unspecified atom stereocenters. The second kappa shape index (κ2) is 10.9. The third-order valence-electron chi connectivity index (χ3n) is 6.55. The summed E-state index contributed by atoms with van der Waals surface area (Å²) in [5, 5.41) is 24.1. The zero-order valence-electron chi connectivity index (χ0n) is 21.4. The number of rotatable bonds is 10. The first-order chi connectivity index (χ1) is 19.9. The first-order valence-electron chi connectivity index (χ1n) is 12.2. The van der Waals surface area contributed by atoms with Crippen LogP contribution in [0, 0.1) is 20.2 Å². The van der Waals surface area contributed by atoms with Gasteiger partial charge in [-0.1, -0.05) is 60.7 Å². The summed E-state index contributed by atoms with van der Waals surface area (Å²) >= 11 is 0. The molecule has 5 rings (SSSR count). The van der Waals surface area contributed by atoms with E-state index in [2.05, 4.69) is 9.44 Å². The Bertz CT molecular complexity index is 1840. The van der Waals surface area contributed by atoms with E-state index in [0.717, 1.165) is 12.1 Å². The number of carbonyl (C=O) groups excluding carboxylic acids is 1. The SMILES string of the molecule is O=C1c2cc(S(=O)(=O)NCc3ccccc3)cc([N+](=O)[O-])c2-c2c1cc(S(=O)(=O)NCc1ccccc1)cc2[N+](=O)[O-]. The molecule has 0 atom stereocenters. The predicted octanol–water partition coefficient (Wildman–Crippen LogP) is 3.67. The molecule has 1 aliphatic rings. The van der Waals surface area contributed by atoms with Crippen molar-refractivity contribution >= 4 is 37.2 Å². The average Bonchev–Trinajstić information content (AvgIpc) is 3.26. The maximum atomic E-state index is 13.5. The van der Waals surface area contributed by atoms with Crippen molar-refractivity contribution in [3.63, 3.8) is 0 Å². The molecule has 0 spiro atoms. The highest BCUT2D eigenvalue weighted by Crippen LogP contribution is 2.48. The van der Waals surface area contributed by atoms with E-state index in [1.807, 2.05) is 0 Å². The highest BCUT2D eigenvalue weighted by Gasteiger charge is 2.41. The lowest BCUT2D eigenvalue weighted by molar-refractivity contribution is -0.386. The van der Waals surface area contributed by atoms with Gasteiger partial charge in [0.25, 0.3) is 11.4 Å². The van der Waals surface area contributed by atoms with Gasteiger partial charge in [0, 0.05) is 36.3 Å². The van der Waals surface area contributed by atoms with Gasteiger partial charge in [-0.15, -0.1) is 0 Å². The average molecular weight is 609 g/mol. The van der Waals surface area contributed by atoms with Crippen LogP contribution in [0.1, 0.15) is 27.0 Å². The molecule has 0 aliphatic heterocycles. The van der Waals surface area contributed by atoms with Crippen LogP contribution in [-0.4, -0.2) is 32.5 Å². The second-order valence-electron chi connectivity index (χ2n) is 9.19. The Balaban J connectivity index is 1.59. The first-order valence-corrected chi connectivity index (χ1v) is 15.1. The van der Waals surface area contributed by atoms with Crippen molar-refractivity contribution in [3.8, 4) is 11.1 Å². The summed E-state index contributed by atoms with van der Waals surface area (Å²) in [6, 6.07) is 20.1. The minimum atomic E-state index is -4.38. The summed E-state index contributed by atoms with van der Waals surface area (Å²) in [6.07, 6.45) is 0. The molecule has 15 heteroatoms. The fourth-order valence-corrected chi connectivity index (χ4v) is 6.67. The number of hydrogen-bond acceptors (Lipinski definition) is 9. The number of nitro groups is 2. The molecule has 214 valence electrons. The van der Waals surface area contributed by atoms with Gasteiger partial charge < -0.3 is 0 Å². The lowest BCUT2D eigenvalue weighted by atomic mass is 10.0. The lowest BCUT2D eigenvalue weighted by Crippen LogP contribution is -2.23. The van der Waals surface area contributed by atoms with Crippen molar-refractivity contribution in [2.45, 2.75) is 22.9 Å². The number of nitrogens with one attached hydrogen (secondary N) is 2. The predicted molar refractivity (Wildman–Crippen MR) is 150 cm³/mol. The molecule has 0 amide bonds. The maximum Gasteiger partial charge on any atom is 0.279 e. The smallest absolute Gasteiger partial charge is 0.279 e. The number of ketones is 1. The topological polar surface area (TPSA) is 196 Å².